The lowest BCUT2D eigenvalue weighted by Crippen LogP contribution is -2.18. The first-order valence-corrected chi connectivity index (χ1v) is 20.0. The fourth-order valence-corrected chi connectivity index (χ4v) is 4.77. The van der Waals surface area contributed by atoms with Crippen molar-refractivity contribution in [1.29, 1.82) is 0 Å². The molecule has 0 heterocycles. The Balaban J connectivity index is -0.00000145. The van der Waals surface area contributed by atoms with Crippen molar-refractivity contribution in [3.05, 3.63) is 58.4 Å². The van der Waals surface area contributed by atoms with Gasteiger partial charge in [0.05, 0.1) is 5.76 Å². The molecule has 0 spiro atoms. The molecule has 46 heavy (non-hydrogen) atoms. The minimum atomic E-state index is 0.288. The molecule has 1 N–H and O–H groups in total. The molecule has 1 aliphatic rings. The third-order valence-corrected chi connectivity index (χ3v) is 9.85. The molecule has 0 aromatic rings. The number of aliphatic hydroxyl groups excluding tert-OH is 1. The molecule has 0 aromatic heterocycles. The molecule has 0 bridgehead atoms. The number of allylic oxidation sites excluding steroid dienone is 9. The van der Waals surface area contributed by atoms with Crippen LogP contribution in [0, 0.1) is 16.7 Å². The Hall–Kier alpha value is -1.50. The predicted molar refractivity (Wildman–Crippen MR) is 215 cm³/mol. The van der Waals surface area contributed by atoms with Gasteiger partial charge in [0.15, 0.2) is 0 Å². The molecule has 1 heteroatoms. The van der Waals surface area contributed by atoms with Gasteiger partial charge in [0.25, 0.3) is 0 Å². The van der Waals surface area contributed by atoms with Gasteiger partial charge in [-0.3, -0.25) is 0 Å². The monoisotopic (exact) mass is 643 g/mol. The molecule has 0 amide bonds. The third kappa shape index (κ3) is 26.6. The third-order valence-electron chi connectivity index (χ3n) is 9.85. The van der Waals surface area contributed by atoms with Crippen LogP contribution < -0.4 is 0 Å². The molecular weight excluding hydrogens is 556 g/mol. The first-order chi connectivity index (χ1) is 21.8. The summed E-state index contributed by atoms with van der Waals surface area (Å²) in [5.41, 5.74) is 6.62. The Morgan fingerprint density at radius 1 is 0.783 bits per heavy atom. The Labute approximate surface area is 292 Å². The molecule has 1 aliphatic carbocycles. The van der Waals surface area contributed by atoms with Gasteiger partial charge in [-0.05, 0) is 78.9 Å². The predicted octanol–water partition coefficient (Wildman–Crippen LogP) is 16.6. The van der Waals surface area contributed by atoms with Gasteiger partial charge in [-0.25, -0.2) is 0 Å². The Morgan fingerprint density at radius 2 is 1.33 bits per heavy atom. The van der Waals surface area contributed by atoms with Crippen molar-refractivity contribution in [3.8, 4) is 0 Å². The molecule has 0 saturated carbocycles. The van der Waals surface area contributed by atoms with E-state index in [-0.39, 0.29) is 5.41 Å². The maximum atomic E-state index is 10.5. The minimum Gasteiger partial charge on any atom is -0.512 e. The highest BCUT2D eigenvalue weighted by atomic mass is 16.3. The van der Waals surface area contributed by atoms with Crippen LogP contribution in [0.2, 0.25) is 0 Å². The fourth-order valence-electron chi connectivity index (χ4n) is 4.77. The molecule has 0 atom stereocenters. The summed E-state index contributed by atoms with van der Waals surface area (Å²) in [7, 11) is 0. The van der Waals surface area contributed by atoms with Crippen LogP contribution >= 0.6 is 0 Å². The van der Waals surface area contributed by atoms with Crippen LogP contribution in [0.25, 0.3) is 0 Å². The van der Waals surface area contributed by atoms with Crippen molar-refractivity contribution < 1.29 is 5.11 Å². The van der Waals surface area contributed by atoms with Crippen molar-refractivity contribution in [2.45, 2.75) is 213 Å². The average molecular weight is 643 g/mol. The number of aliphatic hydroxyl groups is 1. The van der Waals surface area contributed by atoms with Crippen LogP contribution in [0.1, 0.15) is 213 Å². The topological polar surface area (TPSA) is 20.2 Å². The van der Waals surface area contributed by atoms with Crippen molar-refractivity contribution in [2.24, 2.45) is 16.7 Å². The Bertz CT molecular complexity index is 849. The highest BCUT2D eigenvalue weighted by Crippen LogP contribution is 2.33. The summed E-state index contributed by atoms with van der Waals surface area (Å²) < 4.78 is 0. The maximum absolute atomic E-state index is 10.5. The van der Waals surface area contributed by atoms with E-state index in [1.807, 2.05) is 33.8 Å². The van der Waals surface area contributed by atoms with E-state index in [9.17, 15) is 5.11 Å². The van der Waals surface area contributed by atoms with Crippen LogP contribution in [-0.2, 0) is 0 Å². The van der Waals surface area contributed by atoms with E-state index in [1.165, 1.54) is 93.8 Å². The zero-order valence-corrected chi connectivity index (χ0v) is 34.4. The van der Waals surface area contributed by atoms with Gasteiger partial charge in [-0.1, -0.05) is 197 Å². The number of rotatable bonds is 20. The molecule has 1 rings (SSSR count). The van der Waals surface area contributed by atoms with E-state index in [0.717, 1.165) is 25.7 Å². The largest absolute Gasteiger partial charge is 0.512 e. The Kier molecular flexibility index (Phi) is 32.7. The van der Waals surface area contributed by atoms with E-state index in [1.54, 1.807) is 5.57 Å². The summed E-state index contributed by atoms with van der Waals surface area (Å²) in [5.74, 6) is 1.15. The van der Waals surface area contributed by atoms with Crippen LogP contribution in [0.5, 0.6) is 0 Å². The van der Waals surface area contributed by atoms with Crippen LogP contribution in [-0.4, -0.2) is 5.11 Å². The van der Waals surface area contributed by atoms with Gasteiger partial charge in [0.2, 0.25) is 0 Å². The SMILES string of the molecule is CC.CC.CCC(C)(C)CC.CCCCCCCC1=CC=C(O)CC(CC(=C/CC(C)(C)C(C)C)/C=C(\CC)CCCCCC)=C1. The van der Waals surface area contributed by atoms with Crippen molar-refractivity contribution in [3.63, 3.8) is 0 Å². The normalized spacial score (nSPS) is 14.0. The molecule has 0 radical (unpaired) electrons. The van der Waals surface area contributed by atoms with Crippen molar-refractivity contribution in [1.82, 2.24) is 0 Å². The standard InChI is InChI=1S/C34H58O.C7H16.2C2H6/c1-8-11-13-15-17-19-30-20-21-33(35)27-32(25-30)26-31(22-23-34(6,7)28(4)5)24-29(10-3)18-16-14-12-9-2;1-5-7(3,4)6-2;2*1-2/h20-22,24-25,28,35H,8-19,23,26-27H2,1-7H3;5-6H2,1-4H3;2*1-2H3/b29-24+,31-22+;;;. The van der Waals surface area contributed by atoms with E-state index < -0.39 is 0 Å². The van der Waals surface area contributed by atoms with Gasteiger partial charge < -0.3 is 5.11 Å². The minimum absolute atomic E-state index is 0.288. The molecule has 272 valence electrons. The fraction of sp³-hybridized carbons (Fsp3) is 0.778. The molecule has 0 unspecified atom stereocenters. The average Bonchev–Trinajstić information content (AvgIpc) is 3.23. The van der Waals surface area contributed by atoms with Crippen molar-refractivity contribution >= 4 is 0 Å². The summed E-state index contributed by atoms with van der Waals surface area (Å²) in [6.45, 7) is 33.4. The van der Waals surface area contributed by atoms with E-state index in [4.69, 9.17) is 0 Å². The van der Waals surface area contributed by atoms with Gasteiger partial charge in [0, 0.05) is 6.42 Å². The Morgan fingerprint density at radius 3 is 1.80 bits per heavy atom. The van der Waals surface area contributed by atoms with E-state index >= 15 is 0 Å². The van der Waals surface area contributed by atoms with Gasteiger partial charge in [-0.15, -0.1) is 0 Å². The zero-order valence-electron chi connectivity index (χ0n) is 34.4. The lowest BCUT2D eigenvalue weighted by atomic mass is 9.77. The van der Waals surface area contributed by atoms with E-state index in [2.05, 4.69) is 100 Å². The van der Waals surface area contributed by atoms with Gasteiger partial charge >= 0.3 is 0 Å². The summed E-state index contributed by atoms with van der Waals surface area (Å²) in [5, 5.41) is 10.5. The zero-order chi connectivity index (χ0) is 36.0. The molecule has 0 aliphatic heterocycles. The lowest BCUT2D eigenvalue weighted by molar-refractivity contribution is 0.253. The summed E-state index contributed by atoms with van der Waals surface area (Å²) in [6.07, 6.45) is 32.0. The molecule has 1 nitrogen and oxygen atoms in total. The maximum Gasteiger partial charge on any atom is 0.0963 e. The first-order valence-electron chi connectivity index (χ1n) is 20.0. The molecular formula is C45H86O. The van der Waals surface area contributed by atoms with Crippen LogP contribution in [0.3, 0.4) is 0 Å². The van der Waals surface area contributed by atoms with Crippen molar-refractivity contribution in [2.75, 3.05) is 0 Å². The molecule has 0 fully saturated rings. The van der Waals surface area contributed by atoms with E-state index in [0.29, 0.717) is 23.5 Å². The highest BCUT2D eigenvalue weighted by molar-refractivity contribution is 5.38. The summed E-state index contributed by atoms with van der Waals surface area (Å²) in [4.78, 5) is 0. The van der Waals surface area contributed by atoms with Gasteiger partial charge in [0.1, 0.15) is 0 Å². The second-order valence-corrected chi connectivity index (χ2v) is 14.7. The lowest BCUT2D eigenvalue weighted by Gasteiger charge is -2.28. The molecule has 0 aromatic carbocycles. The summed E-state index contributed by atoms with van der Waals surface area (Å²) in [6, 6.07) is 0. The van der Waals surface area contributed by atoms with Gasteiger partial charge in [-0.2, -0.15) is 0 Å². The number of unbranched alkanes of at least 4 members (excludes halogenated alkanes) is 7. The second-order valence-electron chi connectivity index (χ2n) is 14.7. The van der Waals surface area contributed by atoms with Crippen LogP contribution in [0.4, 0.5) is 0 Å². The highest BCUT2D eigenvalue weighted by Gasteiger charge is 2.21. The second kappa shape index (κ2) is 30.8. The summed E-state index contributed by atoms with van der Waals surface area (Å²) >= 11 is 0. The smallest absolute Gasteiger partial charge is 0.0963 e. The number of hydrogen-bond donors (Lipinski definition) is 1. The first kappa shape index (κ1) is 48.9. The quantitative estimate of drug-likeness (QED) is 0.103. The van der Waals surface area contributed by atoms with Crippen LogP contribution in [0.15, 0.2) is 58.4 Å². The number of hydrogen-bond acceptors (Lipinski definition) is 1. The molecule has 0 saturated heterocycles.